The van der Waals surface area contributed by atoms with Gasteiger partial charge in [0.15, 0.2) is 0 Å². The Morgan fingerprint density at radius 1 is 1.03 bits per heavy atom. The van der Waals surface area contributed by atoms with Crippen molar-refractivity contribution in [1.29, 1.82) is 0 Å². The van der Waals surface area contributed by atoms with Crippen LogP contribution < -0.4 is 9.62 Å². The van der Waals surface area contributed by atoms with Gasteiger partial charge in [-0.25, -0.2) is 8.42 Å². The van der Waals surface area contributed by atoms with Crippen LogP contribution in [-0.2, 0) is 23.1 Å². The van der Waals surface area contributed by atoms with Gasteiger partial charge in [-0.1, -0.05) is 29.8 Å². The average molecular weight is 430 g/mol. The van der Waals surface area contributed by atoms with Crippen LogP contribution in [0, 0.1) is 0 Å². The zero-order valence-electron chi connectivity index (χ0n) is 15.7. The fourth-order valence-electron chi connectivity index (χ4n) is 2.72. The van der Waals surface area contributed by atoms with Crippen molar-refractivity contribution in [1.82, 2.24) is 10.3 Å². The summed E-state index contributed by atoms with van der Waals surface area (Å²) in [5.74, 6) is -0.246. The first-order valence-corrected chi connectivity index (χ1v) is 11.0. The summed E-state index contributed by atoms with van der Waals surface area (Å²) < 4.78 is 25.9. The fourth-order valence-corrected chi connectivity index (χ4v) is 3.74. The minimum Gasteiger partial charge on any atom is -0.348 e. The molecule has 0 saturated carbocycles. The molecule has 29 heavy (non-hydrogen) atoms. The van der Waals surface area contributed by atoms with Gasteiger partial charge in [-0.3, -0.25) is 14.1 Å². The van der Waals surface area contributed by atoms with Crippen LogP contribution >= 0.6 is 11.6 Å². The maximum Gasteiger partial charge on any atom is 0.251 e. The van der Waals surface area contributed by atoms with E-state index in [1.54, 1.807) is 67.0 Å². The predicted molar refractivity (Wildman–Crippen MR) is 114 cm³/mol. The number of pyridine rings is 1. The number of benzene rings is 2. The number of sulfonamides is 1. The third kappa shape index (κ3) is 5.79. The summed E-state index contributed by atoms with van der Waals surface area (Å²) in [4.78, 5) is 16.4. The second kappa shape index (κ2) is 9.07. The normalized spacial score (nSPS) is 11.1. The Hall–Kier alpha value is -2.90. The molecule has 1 amide bonds. The lowest BCUT2D eigenvalue weighted by atomic mass is 10.1. The van der Waals surface area contributed by atoms with Crippen LogP contribution in [0.1, 0.15) is 21.5 Å². The molecule has 0 radical (unpaired) electrons. The predicted octanol–water partition coefficient (Wildman–Crippen LogP) is 3.63. The van der Waals surface area contributed by atoms with Gasteiger partial charge in [0.25, 0.3) is 5.91 Å². The molecule has 3 rings (SSSR count). The van der Waals surface area contributed by atoms with Crippen molar-refractivity contribution in [3.05, 3.63) is 94.8 Å². The van der Waals surface area contributed by atoms with Gasteiger partial charge in [0.2, 0.25) is 10.0 Å². The van der Waals surface area contributed by atoms with Crippen molar-refractivity contribution in [2.45, 2.75) is 13.1 Å². The molecule has 1 N–H and O–H groups in total. The highest BCUT2D eigenvalue weighted by Gasteiger charge is 2.18. The lowest BCUT2D eigenvalue weighted by Gasteiger charge is -2.23. The Balaban J connectivity index is 1.73. The van der Waals surface area contributed by atoms with Gasteiger partial charge < -0.3 is 5.32 Å². The maximum atomic E-state index is 12.3. The second-order valence-corrected chi connectivity index (χ2v) is 8.83. The summed E-state index contributed by atoms with van der Waals surface area (Å²) in [5.41, 5.74) is 2.62. The van der Waals surface area contributed by atoms with Crippen LogP contribution in [0.3, 0.4) is 0 Å². The highest BCUT2D eigenvalue weighted by Crippen LogP contribution is 2.22. The number of anilines is 1. The van der Waals surface area contributed by atoms with Gasteiger partial charge in [-0.2, -0.15) is 0 Å². The fraction of sp³-hybridized carbons (Fsp3) is 0.143. The monoisotopic (exact) mass is 429 g/mol. The smallest absolute Gasteiger partial charge is 0.251 e. The molecule has 1 heterocycles. The second-order valence-electron chi connectivity index (χ2n) is 6.49. The molecule has 0 aliphatic heterocycles. The highest BCUT2D eigenvalue weighted by molar-refractivity contribution is 7.92. The summed E-state index contributed by atoms with van der Waals surface area (Å²) in [6.45, 7) is 0.531. The molecule has 150 valence electrons. The zero-order chi connectivity index (χ0) is 20.9. The molecule has 1 aromatic heterocycles. The topological polar surface area (TPSA) is 79.4 Å². The van der Waals surface area contributed by atoms with Crippen molar-refractivity contribution in [2.75, 3.05) is 10.6 Å². The summed E-state index contributed by atoms with van der Waals surface area (Å²) in [6.07, 6.45) is 4.50. The van der Waals surface area contributed by atoms with Crippen molar-refractivity contribution in [3.8, 4) is 0 Å². The summed E-state index contributed by atoms with van der Waals surface area (Å²) >= 11 is 5.89. The molecule has 0 unspecified atom stereocenters. The Morgan fingerprint density at radius 3 is 2.31 bits per heavy atom. The van der Waals surface area contributed by atoms with Gasteiger partial charge in [-0.05, 0) is 53.6 Å². The van der Waals surface area contributed by atoms with E-state index < -0.39 is 10.0 Å². The van der Waals surface area contributed by atoms with Crippen molar-refractivity contribution in [2.24, 2.45) is 0 Å². The molecule has 8 heteroatoms. The van der Waals surface area contributed by atoms with E-state index in [4.69, 9.17) is 11.6 Å². The molecule has 0 atom stereocenters. The highest BCUT2D eigenvalue weighted by atomic mass is 35.5. The van der Waals surface area contributed by atoms with Crippen LogP contribution in [-0.4, -0.2) is 25.6 Å². The molecule has 0 aliphatic rings. The van der Waals surface area contributed by atoms with E-state index in [1.807, 2.05) is 6.07 Å². The molecular weight excluding hydrogens is 410 g/mol. The number of nitrogens with one attached hydrogen (secondary N) is 1. The minimum absolute atomic E-state index is 0.169. The van der Waals surface area contributed by atoms with E-state index in [2.05, 4.69) is 10.3 Å². The van der Waals surface area contributed by atoms with E-state index in [9.17, 15) is 13.2 Å². The number of rotatable bonds is 7. The number of halogens is 1. The van der Waals surface area contributed by atoms with Gasteiger partial charge in [0, 0.05) is 29.5 Å². The van der Waals surface area contributed by atoms with Crippen LogP contribution in [0.25, 0.3) is 0 Å². The van der Waals surface area contributed by atoms with Gasteiger partial charge in [-0.15, -0.1) is 0 Å². The van der Waals surface area contributed by atoms with E-state index in [0.717, 1.165) is 17.4 Å². The summed E-state index contributed by atoms with van der Waals surface area (Å²) in [7, 11) is -3.51. The number of carbonyl (C=O) groups excluding carboxylic acids is 1. The quantitative estimate of drug-likeness (QED) is 0.622. The molecule has 0 aliphatic carbocycles. The molecule has 0 spiro atoms. The zero-order valence-corrected chi connectivity index (χ0v) is 17.3. The van der Waals surface area contributed by atoms with Gasteiger partial charge in [0.1, 0.15) is 0 Å². The maximum absolute atomic E-state index is 12.3. The van der Waals surface area contributed by atoms with Crippen LogP contribution in [0.5, 0.6) is 0 Å². The van der Waals surface area contributed by atoms with Gasteiger partial charge in [0.05, 0.1) is 18.5 Å². The van der Waals surface area contributed by atoms with Crippen molar-refractivity contribution >= 4 is 33.2 Å². The Labute approximate surface area is 175 Å². The molecule has 2 aromatic carbocycles. The van der Waals surface area contributed by atoms with E-state index in [0.29, 0.717) is 22.8 Å². The van der Waals surface area contributed by atoms with Crippen LogP contribution in [0.4, 0.5) is 5.69 Å². The number of hydrogen-bond donors (Lipinski definition) is 1. The number of amides is 1. The first-order chi connectivity index (χ1) is 13.8. The van der Waals surface area contributed by atoms with E-state index in [-0.39, 0.29) is 12.5 Å². The number of nitrogens with zero attached hydrogens (tertiary/aromatic N) is 2. The summed E-state index contributed by atoms with van der Waals surface area (Å²) in [6, 6.07) is 17.1. The lowest BCUT2D eigenvalue weighted by Crippen LogP contribution is -2.29. The lowest BCUT2D eigenvalue weighted by molar-refractivity contribution is 0.0951. The first kappa shape index (κ1) is 20.8. The first-order valence-electron chi connectivity index (χ1n) is 8.82. The SMILES string of the molecule is CS(=O)(=O)N(Cc1ccc(Cl)cc1)c1ccc(C(=O)NCc2cccnc2)cc1. The van der Waals surface area contributed by atoms with Crippen LogP contribution in [0.15, 0.2) is 73.1 Å². The van der Waals surface area contributed by atoms with Crippen molar-refractivity contribution in [3.63, 3.8) is 0 Å². The number of aromatic nitrogens is 1. The summed E-state index contributed by atoms with van der Waals surface area (Å²) in [5, 5.41) is 3.40. The Bertz CT molecular complexity index is 1070. The molecule has 0 saturated heterocycles. The van der Waals surface area contributed by atoms with Crippen LogP contribution in [0.2, 0.25) is 5.02 Å². The largest absolute Gasteiger partial charge is 0.348 e. The molecule has 3 aromatic rings. The number of hydrogen-bond acceptors (Lipinski definition) is 4. The third-order valence-electron chi connectivity index (χ3n) is 4.23. The van der Waals surface area contributed by atoms with Crippen molar-refractivity contribution < 1.29 is 13.2 Å². The van der Waals surface area contributed by atoms with E-state index in [1.165, 1.54) is 4.31 Å². The third-order valence-corrected chi connectivity index (χ3v) is 5.63. The Kier molecular flexibility index (Phi) is 6.51. The Morgan fingerprint density at radius 2 is 1.72 bits per heavy atom. The van der Waals surface area contributed by atoms with E-state index >= 15 is 0 Å². The number of carbonyl (C=O) groups is 1. The molecule has 0 fully saturated rings. The average Bonchev–Trinajstić information content (AvgIpc) is 2.71. The molecular formula is C21H20ClN3O3S. The van der Waals surface area contributed by atoms with Gasteiger partial charge >= 0.3 is 0 Å². The molecule has 0 bridgehead atoms. The standard InChI is InChI=1S/C21H20ClN3O3S/c1-29(27,28)25(15-16-4-8-19(22)9-5-16)20-10-6-18(7-11-20)21(26)24-14-17-3-2-12-23-13-17/h2-13H,14-15H2,1H3,(H,24,26). The minimum atomic E-state index is -3.51. The molecule has 6 nitrogen and oxygen atoms in total.